The molecule has 0 radical (unpaired) electrons. The predicted octanol–water partition coefficient (Wildman–Crippen LogP) is 1.84. The standard InChI is InChI=1S/C20H30N4O3/c1-3-16(27-2)19(26)23-11-8-20(9-12-23)17-15(21-13-22-17)7-10-24(20)18(25)14-5-4-6-14/h13-14,16H,3-12H2,1-2H3,(H,21,22)/t16-/m0/s1. The molecule has 1 spiro atoms. The van der Waals surface area contributed by atoms with Crippen molar-refractivity contribution in [3.63, 3.8) is 0 Å². The number of piperidine rings is 1. The molecule has 0 unspecified atom stereocenters. The lowest BCUT2D eigenvalue weighted by molar-refractivity contribution is -0.153. The molecule has 3 heterocycles. The van der Waals surface area contributed by atoms with Crippen LogP contribution in [0.15, 0.2) is 6.33 Å². The van der Waals surface area contributed by atoms with E-state index in [2.05, 4.69) is 14.9 Å². The first kappa shape index (κ1) is 18.5. The molecule has 1 saturated heterocycles. The van der Waals surface area contributed by atoms with Gasteiger partial charge in [-0.2, -0.15) is 0 Å². The van der Waals surface area contributed by atoms with Crippen LogP contribution >= 0.6 is 0 Å². The van der Waals surface area contributed by atoms with Crippen molar-refractivity contribution in [3.05, 3.63) is 17.7 Å². The quantitative estimate of drug-likeness (QED) is 0.872. The molecule has 7 nitrogen and oxygen atoms in total. The maximum atomic E-state index is 13.2. The summed E-state index contributed by atoms with van der Waals surface area (Å²) in [4.78, 5) is 37.8. The van der Waals surface area contributed by atoms with Gasteiger partial charge in [0, 0.05) is 44.8 Å². The minimum absolute atomic E-state index is 0.0600. The molecule has 7 heteroatoms. The van der Waals surface area contributed by atoms with Crippen LogP contribution in [0.5, 0.6) is 0 Å². The molecule has 27 heavy (non-hydrogen) atoms. The summed E-state index contributed by atoms with van der Waals surface area (Å²) < 4.78 is 5.34. The topological polar surface area (TPSA) is 78.5 Å². The fourth-order valence-electron chi connectivity index (χ4n) is 4.92. The number of ether oxygens (including phenoxy) is 1. The smallest absolute Gasteiger partial charge is 0.251 e. The molecular formula is C20H30N4O3. The molecular weight excluding hydrogens is 344 g/mol. The molecule has 3 aliphatic rings. The number of amides is 2. The number of fused-ring (bicyclic) bond motifs is 2. The van der Waals surface area contributed by atoms with Crippen molar-refractivity contribution in [1.82, 2.24) is 19.8 Å². The number of rotatable bonds is 4. The molecule has 4 rings (SSSR count). The lowest BCUT2D eigenvalue weighted by Crippen LogP contribution is -2.61. The van der Waals surface area contributed by atoms with E-state index in [4.69, 9.17) is 4.74 Å². The number of likely N-dealkylation sites (tertiary alicyclic amines) is 1. The molecule has 1 N–H and O–H groups in total. The largest absolute Gasteiger partial charge is 0.372 e. The van der Waals surface area contributed by atoms with E-state index in [0.717, 1.165) is 56.5 Å². The number of aromatic nitrogens is 2. The van der Waals surface area contributed by atoms with Crippen LogP contribution in [0.3, 0.4) is 0 Å². The highest BCUT2D eigenvalue weighted by molar-refractivity contribution is 5.82. The zero-order valence-electron chi connectivity index (χ0n) is 16.4. The summed E-state index contributed by atoms with van der Waals surface area (Å²) in [5, 5.41) is 0. The number of imidazole rings is 1. The first-order valence-corrected chi connectivity index (χ1v) is 10.3. The van der Waals surface area contributed by atoms with Gasteiger partial charge < -0.3 is 19.5 Å². The van der Waals surface area contributed by atoms with Crippen molar-refractivity contribution in [2.45, 2.75) is 63.5 Å². The predicted molar refractivity (Wildman–Crippen MR) is 99.9 cm³/mol. The lowest BCUT2D eigenvalue weighted by Gasteiger charge is -2.52. The molecule has 1 atom stereocenters. The van der Waals surface area contributed by atoms with Crippen LogP contribution in [0.25, 0.3) is 0 Å². The first-order chi connectivity index (χ1) is 13.1. The van der Waals surface area contributed by atoms with Gasteiger partial charge in [0.25, 0.3) is 5.91 Å². The van der Waals surface area contributed by atoms with E-state index < -0.39 is 0 Å². The molecule has 2 fully saturated rings. The lowest BCUT2D eigenvalue weighted by atomic mass is 9.76. The third kappa shape index (κ3) is 2.96. The molecule has 1 aromatic rings. The van der Waals surface area contributed by atoms with E-state index in [0.29, 0.717) is 19.5 Å². The third-order valence-electron chi connectivity index (χ3n) is 6.81. The van der Waals surface area contributed by atoms with Crippen LogP contribution in [0.2, 0.25) is 0 Å². The highest BCUT2D eigenvalue weighted by Gasteiger charge is 2.50. The number of hydrogen-bond donors (Lipinski definition) is 1. The highest BCUT2D eigenvalue weighted by atomic mass is 16.5. The van der Waals surface area contributed by atoms with Gasteiger partial charge in [0.15, 0.2) is 0 Å². The van der Waals surface area contributed by atoms with Crippen molar-refractivity contribution in [3.8, 4) is 0 Å². The monoisotopic (exact) mass is 374 g/mol. The normalized spacial score (nSPS) is 23.0. The maximum absolute atomic E-state index is 13.2. The van der Waals surface area contributed by atoms with E-state index in [1.807, 2.05) is 11.8 Å². The maximum Gasteiger partial charge on any atom is 0.251 e. The Hall–Kier alpha value is -1.89. The van der Waals surface area contributed by atoms with Crippen LogP contribution in [0.4, 0.5) is 0 Å². The van der Waals surface area contributed by atoms with E-state index >= 15 is 0 Å². The Bertz CT molecular complexity index is 700. The Labute approximate surface area is 160 Å². The number of aromatic amines is 1. The van der Waals surface area contributed by atoms with Crippen LogP contribution in [-0.4, -0.2) is 64.4 Å². The van der Waals surface area contributed by atoms with Crippen LogP contribution in [-0.2, 0) is 26.3 Å². The van der Waals surface area contributed by atoms with Crippen molar-refractivity contribution >= 4 is 11.8 Å². The fraction of sp³-hybridized carbons (Fsp3) is 0.750. The van der Waals surface area contributed by atoms with E-state index in [9.17, 15) is 9.59 Å². The Morgan fingerprint density at radius 1 is 1.33 bits per heavy atom. The Balaban J connectivity index is 1.57. The number of methoxy groups -OCH3 is 1. The molecule has 1 aliphatic carbocycles. The minimum Gasteiger partial charge on any atom is -0.372 e. The zero-order valence-corrected chi connectivity index (χ0v) is 16.4. The second-order valence-corrected chi connectivity index (χ2v) is 8.09. The summed E-state index contributed by atoms with van der Waals surface area (Å²) in [6.45, 7) is 3.99. The summed E-state index contributed by atoms with van der Waals surface area (Å²) in [6, 6.07) is 0. The van der Waals surface area contributed by atoms with Crippen molar-refractivity contribution in [2.24, 2.45) is 5.92 Å². The summed E-state index contributed by atoms with van der Waals surface area (Å²) in [7, 11) is 1.59. The van der Waals surface area contributed by atoms with Gasteiger partial charge in [-0.1, -0.05) is 13.3 Å². The molecule has 1 aromatic heterocycles. The Kier molecular flexibility index (Phi) is 4.97. The van der Waals surface area contributed by atoms with Gasteiger partial charge in [-0.15, -0.1) is 0 Å². The molecule has 0 aromatic carbocycles. The number of carbonyl (C=O) groups excluding carboxylic acids is 2. The highest BCUT2D eigenvalue weighted by Crippen LogP contribution is 2.44. The summed E-state index contributed by atoms with van der Waals surface area (Å²) in [5.41, 5.74) is 1.80. The van der Waals surface area contributed by atoms with Gasteiger partial charge in [0.2, 0.25) is 5.91 Å². The summed E-state index contributed by atoms with van der Waals surface area (Å²) >= 11 is 0. The van der Waals surface area contributed by atoms with Crippen LogP contribution in [0.1, 0.15) is 56.8 Å². The van der Waals surface area contributed by atoms with Gasteiger partial charge in [0.1, 0.15) is 6.10 Å². The number of nitrogens with zero attached hydrogens (tertiary/aromatic N) is 3. The van der Waals surface area contributed by atoms with E-state index in [1.165, 1.54) is 0 Å². The average molecular weight is 374 g/mol. The first-order valence-electron chi connectivity index (χ1n) is 10.3. The van der Waals surface area contributed by atoms with Gasteiger partial charge >= 0.3 is 0 Å². The zero-order chi connectivity index (χ0) is 19.0. The summed E-state index contributed by atoms with van der Waals surface area (Å²) in [5.74, 6) is 0.530. The van der Waals surface area contributed by atoms with Crippen molar-refractivity contribution in [2.75, 3.05) is 26.7 Å². The number of carbonyl (C=O) groups is 2. The third-order valence-corrected chi connectivity index (χ3v) is 6.81. The number of nitrogens with one attached hydrogen (secondary N) is 1. The van der Waals surface area contributed by atoms with Crippen LogP contribution < -0.4 is 0 Å². The second kappa shape index (κ2) is 7.26. The minimum atomic E-state index is -0.376. The van der Waals surface area contributed by atoms with Gasteiger partial charge in [-0.3, -0.25) is 9.59 Å². The second-order valence-electron chi connectivity index (χ2n) is 8.09. The SMILES string of the molecule is CC[C@H](OC)C(=O)N1CCC2(CC1)c1nc[nH]c1CCN2C(=O)C1CCC1. The summed E-state index contributed by atoms with van der Waals surface area (Å²) in [6.07, 6.45) is 7.54. The molecule has 148 valence electrons. The van der Waals surface area contributed by atoms with E-state index in [1.54, 1.807) is 13.4 Å². The Morgan fingerprint density at radius 2 is 2.07 bits per heavy atom. The molecule has 1 saturated carbocycles. The fourth-order valence-corrected chi connectivity index (χ4v) is 4.92. The van der Waals surface area contributed by atoms with Gasteiger partial charge in [0.05, 0.1) is 17.6 Å². The molecule has 2 aliphatic heterocycles. The van der Waals surface area contributed by atoms with Crippen molar-refractivity contribution < 1.29 is 14.3 Å². The van der Waals surface area contributed by atoms with Gasteiger partial charge in [-0.05, 0) is 32.1 Å². The Morgan fingerprint density at radius 3 is 2.67 bits per heavy atom. The van der Waals surface area contributed by atoms with Crippen molar-refractivity contribution in [1.29, 1.82) is 0 Å². The number of H-pyrrole nitrogens is 1. The average Bonchev–Trinajstić information content (AvgIpc) is 3.12. The van der Waals surface area contributed by atoms with E-state index in [-0.39, 0.29) is 29.4 Å². The molecule has 2 amide bonds. The van der Waals surface area contributed by atoms with Crippen LogP contribution in [0, 0.1) is 5.92 Å². The molecule has 0 bridgehead atoms. The van der Waals surface area contributed by atoms with Gasteiger partial charge in [-0.25, -0.2) is 4.98 Å². The number of hydrogen-bond acceptors (Lipinski definition) is 4.